The van der Waals surface area contributed by atoms with Gasteiger partial charge in [0.15, 0.2) is 6.61 Å². The number of ether oxygens (including phenoxy) is 1. The molecule has 0 spiro atoms. The minimum atomic E-state index is -0.915. The van der Waals surface area contributed by atoms with Crippen molar-refractivity contribution in [2.75, 3.05) is 18.5 Å². The van der Waals surface area contributed by atoms with E-state index in [4.69, 9.17) is 16.3 Å². The molecule has 3 rings (SSSR count). The number of fused-ring (bicyclic) bond motifs is 1. The Morgan fingerprint density at radius 1 is 1.31 bits per heavy atom. The number of aliphatic hydroxyl groups excluding tert-OH is 1. The van der Waals surface area contributed by atoms with Gasteiger partial charge in [0.25, 0.3) is 5.91 Å². The molecule has 0 aliphatic carbocycles. The SMILES string of the molecule is Cc1cc(Cl)ccc1CC(C)(C)NCC(O)c1cc(O)cc2c1OCC(=O)N2.Cl. The first kappa shape index (κ1) is 23.3. The average molecular weight is 441 g/mol. The van der Waals surface area contributed by atoms with Crippen LogP contribution < -0.4 is 15.4 Å². The number of halogens is 2. The number of benzene rings is 2. The van der Waals surface area contributed by atoms with Crippen LogP contribution in [0, 0.1) is 6.92 Å². The van der Waals surface area contributed by atoms with Crippen molar-refractivity contribution in [2.24, 2.45) is 0 Å². The molecule has 1 unspecified atom stereocenters. The van der Waals surface area contributed by atoms with Gasteiger partial charge < -0.3 is 25.6 Å². The van der Waals surface area contributed by atoms with Crippen LogP contribution in [-0.4, -0.2) is 34.8 Å². The van der Waals surface area contributed by atoms with E-state index in [2.05, 4.69) is 24.5 Å². The molecule has 1 atom stereocenters. The first-order valence-corrected chi connectivity index (χ1v) is 9.50. The molecule has 0 saturated carbocycles. The molecule has 2 aromatic rings. The summed E-state index contributed by atoms with van der Waals surface area (Å²) in [5.41, 5.74) is 2.81. The number of carbonyl (C=O) groups is 1. The van der Waals surface area contributed by atoms with Gasteiger partial charge in [-0.2, -0.15) is 0 Å². The van der Waals surface area contributed by atoms with E-state index in [0.29, 0.717) is 22.0 Å². The number of rotatable bonds is 6. The van der Waals surface area contributed by atoms with Crippen LogP contribution in [0.3, 0.4) is 0 Å². The lowest BCUT2D eigenvalue weighted by atomic mass is 9.92. The van der Waals surface area contributed by atoms with Gasteiger partial charge in [0.1, 0.15) is 11.5 Å². The van der Waals surface area contributed by atoms with Crippen LogP contribution in [0.25, 0.3) is 0 Å². The number of nitrogens with one attached hydrogen (secondary N) is 2. The standard InChI is InChI=1S/C21H25ClN2O4.ClH/c1-12-6-14(22)5-4-13(12)9-21(2,3)23-10-18(26)16-7-15(25)8-17-20(16)28-11-19(27)24-17;/h4-8,18,23,25-26H,9-11H2,1-3H3,(H,24,27);1H. The molecule has 1 aliphatic rings. The first-order valence-electron chi connectivity index (χ1n) is 9.12. The Kier molecular flexibility index (Phi) is 7.40. The molecule has 2 aromatic carbocycles. The highest BCUT2D eigenvalue weighted by Gasteiger charge is 2.26. The molecular formula is C21H26Cl2N2O4. The largest absolute Gasteiger partial charge is 0.508 e. The lowest BCUT2D eigenvalue weighted by molar-refractivity contribution is -0.118. The highest BCUT2D eigenvalue weighted by atomic mass is 35.5. The molecular weight excluding hydrogens is 415 g/mol. The zero-order valence-electron chi connectivity index (χ0n) is 16.6. The molecule has 4 N–H and O–H groups in total. The number of β-amino-alcohol motifs (C(OH)–C–C–N with tert-alkyl or cyclic N) is 1. The van der Waals surface area contributed by atoms with Crippen molar-refractivity contribution < 1.29 is 19.7 Å². The maximum Gasteiger partial charge on any atom is 0.262 e. The summed E-state index contributed by atoms with van der Waals surface area (Å²) in [5.74, 6) is 0.0452. The van der Waals surface area contributed by atoms with Gasteiger partial charge in [-0.05, 0) is 56.5 Å². The lowest BCUT2D eigenvalue weighted by Gasteiger charge is -2.30. The van der Waals surface area contributed by atoms with Crippen LogP contribution in [0.1, 0.15) is 36.6 Å². The maximum absolute atomic E-state index is 11.5. The second kappa shape index (κ2) is 9.22. The number of hydrogen-bond donors (Lipinski definition) is 4. The van der Waals surface area contributed by atoms with E-state index in [-0.39, 0.29) is 42.8 Å². The summed E-state index contributed by atoms with van der Waals surface area (Å²) < 4.78 is 5.47. The van der Waals surface area contributed by atoms with Gasteiger partial charge in [0.05, 0.1) is 11.8 Å². The number of amides is 1. The van der Waals surface area contributed by atoms with Gasteiger partial charge >= 0.3 is 0 Å². The summed E-state index contributed by atoms with van der Waals surface area (Å²) in [5, 5.41) is 27.4. The van der Waals surface area contributed by atoms with Crippen molar-refractivity contribution in [3.63, 3.8) is 0 Å². The van der Waals surface area contributed by atoms with E-state index in [9.17, 15) is 15.0 Å². The molecule has 158 valence electrons. The van der Waals surface area contributed by atoms with E-state index in [0.717, 1.165) is 12.0 Å². The third-order valence-electron chi connectivity index (χ3n) is 4.79. The summed E-state index contributed by atoms with van der Waals surface area (Å²) in [4.78, 5) is 11.5. The van der Waals surface area contributed by atoms with Gasteiger partial charge in [0, 0.05) is 28.7 Å². The van der Waals surface area contributed by atoms with Crippen LogP contribution in [0.4, 0.5) is 5.69 Å². The molecule has 0 saturated heterocycles. The number of anilines is 1. The fraction of sp³-hybridized carbons (Fsp3) is 0.381. The van der Waals surface area contributed by atoms with Crippen LogP contribution >= 0.6 is 24.0 Å². The Balaban J connectivity index is 0.00000300. The average Bonchev–Trinajstić information content (AvgIpc) is 2.61. The Morgan fingerprint density at radius 3 is 2.72 bits per heavy atom. The monoisotopic (exact) mass is 440 g/mol. The lowest BCUT2D eigenvalue weighted by Crippen LogP contribution is -2.43. The second-order valence-corrected chi connectivity index (χ2v) is 8.21. The third-order valence-corrected chi connectivity index (χ3v) is 5.03. The fourth-order valence-corrected chi connectivity index (χ4v) is 3.57. The van der Waals surface area contributed by atoms with Gasteiger partial charge in [0.2, 0.25) is 0 Å². The minimum absolute atomic E-state index is 0. The number of phenols is 1. The Morgan fingerprint density at radius 2 is 2.03 bits per heavy atom. The summed E-state index contributed by atoms with van der Waals surface area (Å²) in [7, 11) is 0. The predicted octanol–water partition coefficient (Wildman–Crippen LogP) is 3.75. The Labute approximate surface area is 181 Å². The Hall–Kier alpha value is -1.99. The smallest absolute Gasteiger partial charge is 0.262 e. The predicted molar refractivity (Wildman–Crippen MR) is 116 cm³/mol. The van der Waals surface area contributed by atoms with Crippen LogP contribution in [0.15, 0.2) is 30.3 Å². The van der Waals surface area contributed by atoms with Gasteiger partial charge in [-0.15, -0.1) is 12.4 Å². The molecule has 1 amide bonds. The van der Waals surface area contributed by atoms with E-state index in [1.54, 1.807) is 0 Å². The molecule has 6 nitrogen and oxygen atoms in total. The normalized spacial score (nSPS) is 14.3. The van der Waals surface area contributed by atoms with E-state index in [1.165, 1.54) is 17.7 Å². The molecule has 0 aromatic heterocycles. The number of aryl methyl sites for hydroxylation is 1. The number of carbonyl (C=O) groups excluding carboxylic acids is 1. The zero-order valence-corrected chi connectivity index (χ0v) is 18.2. The minimum Gasteiger partial charge on any atom is -0.508 e. The van der Waals surface area contributed by atoms with Crippen molar-refractivity contribution in [3.05, 3.63) is 52.0 Å². The first-order chi connectivity index (χ1) is 13.1. The van der Waals surface area contributed by atoms with Gasteiger partial charge in [-0.3, -0.25) is 4.79 Å². The summed E-state index contributed by atoms with van der Waals surface area (Å²) in [6.07, 6.45) is -0.158. The molecule has 8 heteroatoms. The summed E-state index contributed by atoms with van der Waals surface area (Å²) in [6, 6.07) is 8.69. The van der Waals surface area contributed by atoms with Crippen LogP contribution in [0.2, 0.25) is 5.02 Å². The van der Waals surface area contributed by atoms with E-state index < -0.39 is 6.10 Å². The molecule has 1 aliphatic heterocycles. The fourth-order valence-electron chi connectivity index (χ4n) is 3.34. The van der Waals surface area contributed by atoms with Crippen molar-refractivity contribution in [2.45, 2.75) is 38.8 Å². The Bertz CT molecular complexity index is 902. The molecule has 0 fully saturated rings. The quantitative estimate of drug-likeness (QED) is 0.548. The van der Waals surface area contributed by atoms with Crippen molar-refractivity contribution >= 4 is 35.6 Å². The number of phenolic OH excluding ortho intramolecular Hbond substituents is 1. The summed E-state index contributed by atoms with van der Waals surface area (Å²) >= 11 is 6.03. The number of hydrogen-bond acceptors (Lipinski definition) is 5. The molecule has 1 heterocycles. The van der Waals surface area contributed by atoms with Crippen LogP contribution in [-0.2, 0) is 11.2 Å². The molecule has 0 bridgehead atoms. The third kappa shape index (κ3) is 5.76. The molecule has 29 heavy (non-hydrogen) atoms. The number of aromatic hydroxyl groups is 1. The van der Waals surface area contributed by atoms with Crippen LogP contribution in [0.5, 0.6) is 11.5 Å². The zero-order chi connectivity index (χ0) is 20.5. The van der Waals surface area contributed by atoms with E-state index >= 15 is 0 Å². The maximum atomic E-state index is 11.5. The van der Waals surface area contributed by atoms with Crippen molar-refractivity contribution in [1.82, 2.24) is 5.32 Å². The van der Waals surface area contributed by atoms with Crippen molar-refractivity contribution in [3.8, 4) is 11.5 Å². The highest BCUT2D eigenvalue weighted by molar-refractivity contribution is 6.30. The van der Waals surface area contributed by atoms with Crippen molar-refractivity contribution in [1.29, 1.82) is 0 Å². The van der Waals surface area contributed by atoms with E-state index in [1.807, 2.05) is 25.1 Å². The molecule has 0 radical (unpaired) electrons. The van der Waals surface area contributed by atoms with Gasteiger partial charge in [-0.25, -0.2) is 0 Å². The second-order valence-electron chi connectivity index (χ2n) is 7.78. The number of aliphatic hydroxyl groups is 1. The highest BCUT2D eigenvalue weighted by Crippen LogP contribution is 2.38. The topological polar surface area (TPSA) is 90.8 Å². The van der Waals surface area contributed by atoms with Gasteiger partial charge in [-0.1, -0.05) is 17.7 Å². The summed E-state index contributed by atoms with van der Waals surface area (Å²) in [6.45, 7) is 6.28.